The highest BCUT2D eigenvalue weighted by Crippen LogP contribution is 2.29. The molecule has 1 aliphatic rings. The van der Waals surface area contributed by atoms with Crippen LogP contribution >= 0.6 is 0 Å². The molecule has 5 heteroatoms. The van der Waals surface area contributed by atoms with Crippen LogP contribution in [0.15, 0.2) is 48.5 Å². The molecule has 0 spiro atoms. The minimum atomic E-state index is -0.369. The number of hydrogen-bond acceptors (Lipinski definition) is 3. The molecule has 2 aromatic carbocycles. The molecule has 2 aromatic rings. The molecule has 24 heavy (non-hydrogen) atoms. The molecule has 0 bridgehead atoms. The molecule has 0 N–H and O–H groups in total. The van der Waals surface area contributed by atoms with E-state index in [0.717, 1.165) is 24.0 Å². The van der Waals surface area contributed by atoms with Crippen molar-refractivity contribution in [3.05, 3.63) is 75.3 Å². The molecule has 1 atom stereocenters. The average molecular weight is 324 g/mol. The predicted molar refractivity (Wildman–Crippen MR) is 92.1 cm³/mol. The van der Waals surface area contributed by atoms with Crippen molar-refractivity contribution in [1.29, 1.82) is 0 Å². The lowest BCUT2D eigenvalue weighted by atomic mass is 10.1. The van der Waals surface area contributed by atoms with E-state index in [-0.39, 0.29) is 22.6 Å². The van der Waals surface area contributed by atoms with E-state index in [2.05, 4.69) is 6.92 Å². The number of hydrogen-bond donors (Lipinski definition) is 0. The topological polar surface area (TPSA) is 63.5 Å². The summed E-state index contributed by atoms with van der Waals surface area (Å²) in [5.41, 5.74) is 2.89. The molecule has 124 valence electrons. The maximum atomic E-state index is 12.9. The quantitative estimate of drug-likeness (QED) is 0.623. The second kappa shape index (κ2) is 6.83. The van der Waals surface area contributed by atoms with Crippen molar-refractivity contribution >= 4 is 11.6 Å². The molecule has 0 heterocycles. The van der Waals surface area contributed by atoms with Gasteiger partial charge < -0.3 is 4.90 Å². The molecule has 0 aliphatic heterocycles. The molecular formula is C19H20N2O3. The third kappa shape index (κ3) is 3.15. The monoisotopic (exact) mass is 324 g/mol. The van der Waals surface area contributed by atoms with Gasteiger partial charge in [0.15, 0.2) is 0 Å². The Balaban J connectivity index is 1.83. The number of nitro benzene ring substituents is 1. The Hall–Kier alpha value is -2.69. The Morgan fingerprint density at radius 3 is 2.54 bits per heavy atom. The van der Waals surface area contributed by atoms with Crippen LogP contribution in [0.1, 0.15) is 34.8 Å². The summed E-state index contributed by atoms with van der Waals surface area (Å²) in [6, 6.07) is 14.4. The predicted octanol–water partition coefficient (Wildman–Crippen LogP) is 3.61. The third-order valence-electron chi connectivity index (χ3n) is 4.50. The summed E-state index contributed by atoms with van der Waals surface area (Å²) in [6.07, 6.45) is 2.31. The Bertz CT molecular complexity index is 758. The second-order valence-electron chi connectivity index (χ2n) is 6.14. The first-order valence-corrected chi connectivity index (χ1v) is 8.22. The summed E-state index contributed by atoms with van der Waals surface area (Å²) in [6.45, 7) is 2.74. The van der Waals surface area contributed by atoms with Crippen LogP contribution in [0.5, 0.6) is 0 Å². The van der Waals surface area contributed by atoms with Gasteiger partial charge in [-0.3, -0.25) is 14.9 Å². The third-order valence-corrected chi connectivity index (χ3v) is 4.50. The standard InChI is InChI=1S/C19H20N2O3/c1-2-10-20(19(22)14-6-4-3-5-7-14)18-11-15-8-9-17(21(23)24)12-16(15)13-18/h3-9,12,18H,2,10-11,13H2,1H3. The molecule has 0 radical (unpaired) electrons. The molecule has 0 aromatic heterocycles. The first-order valence-electron chi connectivity index (χ1n) is 8.22. The highest BCUT2D eigenvalue weighted by molar-refractivity contribution is 5.94. The number of carbonyl (C=O) groups excluding carboxylic acids is 1. The minimum Gasteiger partial charge on any atom is -0.335 e. The summed E-state index contributed by atoms with van der Waals surface area (Å²) in [5.74, 6) is 0.0322. The molecular weight excluding hydrogens is 304 g/mol. The largest absolute Gasteiger partial charge is 0.335 e. The van der Waals surface area contributed by atoms with Crippen LogP contribution < -0.4 is 0 Å². The van der Waals surface area contributed by atoms with Crippen molar-refractivity contribution < 1.29 is 9.72 Å². The number of fused-ring (bicyclic) bond motifs is 1. The Labute approximate surface area is 141 Å². The zero-order chi connectivity index (χ0) is 17.1. The first-order chi connectivity index (χ1) is 11.6. The van der Waals surface area contributed by atoms with E-state index in [1.807, 2.05) is 41.3 Å². The van der Waals surface area contributed by atoms with Crippen LogP contribution in [0.3, 0.4) is 0 Å². The van der Waals surface area contributed by atoms with Gasteiger partial charge in [0.1, 0.15) is 0 Å². The van der Waals surface area contributed by atoms with Crippen LogP contribution in [0.2, 0.25) is 0 Å². The zero-order valence-electron chi connectivity index (χ0n) is 13.6. The number of rotatable bonds is 5. The fourth-order valence-electron chi connectivity index (χ4n) is 3.35. The summed E-state index contributed by atoms with van der Waals surface area (Å²) in [5, 5.41) is 11.0. The van der Waals surface area contributed by atoms with E-state index in [1.165, 1.54) is 0 Å². The fraction of sp³-hybridized carbons (Fsp3) is 0.316. The summed E-state index contributed by atoms with van der Waals surface area (Å²) in [4.78, 5) is 25.4. The normalized spacial score (nSPS) is 15.8. The van der Waals surface area contributed by atoms with E-state index in [4.69, 9.17) is 0 Å². The van der Waals surface area contributed by atoms with E-state index >= 15 is 0 Å². The number of nitrogens with zero attached hydrogens (tertiary/aromatic N) is 2. The maximum Gasteiger partial charge on any atom is 0.269 e. The van der Waals surface area contributed by atoms with Crippen LogP contribution in [0, 0.1) is 10.1 Å². The summed E-state index contributed by atoms with van der Waals surface area (Å²) < 4.78 is 0. The van der Waals surface area contributed by atoms with Crippen LogP contribution in [0.25, 0.3) is 0 Å². The van der Waals surface area contributed by atoms with Gasteiger partial charge in [0, 0.05) is 30.3 Å². The number of nitro groups is 1. The molecule has 0 fully saturated rings. The Kier molecular flexibility index (Phi) is 4.60. The molecule has 1 unspecified atom stereocenters. The lowest BCUT2D eigenvalue weighted by Gasteiger charge is -2.29. The van der Waals surface area contributed by atoms with Crippen molar-refractivity contribution in [3.8, 4) is 0 Å². The van der Waals surface area contributed by atoms with E-state index in [9.17, 15) is 14.9 Å². The smallest absolute Gasteiger partial charge is 0.269 e. The van der Waals surface area contributed by atoms with Gasteiger partial charge in [-0.15, -0.1) is 0 Å². The van der Waals surface area contributed by atoms with Gasteiger partial charge in [-0.25, -0.2) is 0 Å². The number of benzene rings is 2. The van der Waals surface area contributed by atoms with Gasteiger partial charge in [0.2, 0.25) is 0 Å². The first kappa shape index (κ1) is 16.2. The van der Waals surface area contributed by atoms with Crippen molar-refractivity contribution in [2.75, 3.05) is 6.54 Å². The highest BCUT2D eigenvalue weighted by Gasteiger charge is 2.31. The zero-order valence-corrected chi connectivity index (χ0v) is 13.6. The van der Waals surface area contributed by atoms with Gasteiger partial charge in [-0.2, -0.15) is 0 Å². The molecule has 1 aliphatic carbocycles. The van der Waals surface area contributed by atoms with Gasteiger partial charge in [0.05, 0.1) is 4.92 Å². The number of carbonyl (C=O) groups is 1. The molecule has 0 saturated heterocycles. The minimum absolute atomic E-state index is 0.0322. The number of non-ortho nitro benzene ring substituents is 1. The molecule has 3 rings (SSSR count). The van der Waals surface area contributed by atoms with Crippen molar-refractivity contribution in [3.63, 3.8) is 0 Å². The Morgan fingerprint density at radius 2 is 1.88 bits per heavy atom. The van der Waals surface area contributed by atoms with Crippen molar-refractivity contribution in [2.24, 2.45) is 0 Å². The van der Waals surface area contributed by atoms with Gasteiger partial charge in [-0.1, -0.05) is 31.2 Å². The molecule has 0 saturated carbocycles. The molecule has 5 nitrogen and oxygen atoms in total. The maximum absolute atomic E-state index is 12.9. The second-order valence-corrected chi connectivity index (χ2v) is 6.14. The average Bonchev–Trinajstić information content (AvgIpc) is 3.02. The van der Waals surface area contributed by atoms with Crippen molar-refractivity contribution in [2.45, 2.75) is 32.2 Å². The number of amides is 1. The lowest BCUT2D eigenvalue weighted by Crippen LogP contribution is -2.41. The van der Waals surface area contributed by atoms with Gasteiger partial charge >= 0.3 is 0 Å². The highest BCUT2D eigenvalue weighted by atomic mass is 16.6. The fourth-order valence-corrected chi connectivity index (χ4v) is 3.35. The van der Waals surface area contributed by atoms with E-state index in [0.29, 0.717) is 18.5 Å². The summed E-state index contributed by atoms with van der Waals surface area (Å²) in [7, 11) is 0. The SMILES string of the molecule is CCCN(C(=O)c1ccccc1)C1Cc2ccc([N+](=O)[O-])cc2C1. The van der Waals surface area contributed by atoms with Crippen LogP contribution in [0.4, 0.5) is 5.69 Å². The Morgan fingerprint density at radius 1 is 1.17 bits per heavy atom. The van der Waals surface area contributed by atoms with Crippen LogP contribution in [-0.2, 0) is 12.8 Å². The lowest BCUT2D eigenvalue weighted by molar-refractivity contribution is -0.384. The van der Waals surface area contributed by atoms with E-state index < -0.39 is 0 Å². The van der Waals surface area contributed by atoms with Gasteiger partial charge in [-0.05, 0) is 42.5 Å². The summed E-state index contributed by atoms with van der Waals surface area (Å²) >= 11 is 0. The van der Waals surface area contributed by atoms with Crippen molar-refractivity contribution in [1.82, 2.24) is 4.90 Å². The molecule has 1 amide bonds. The van der Waals surface area contributed by atoms with Gasteiger partial charge in [0.25, 0.3) is 11.6 Å². The van der Waals surface area contributed by atoms with Crippen LogP contribution in [-0.4, -0.2) is 28.3 Å². The van der Waals surface area contributed by atoms with E-state index in [1.54, 1.807) is 12.1 Å².